The number of nitro benzene ring substituents is 1. The number of nitrogens with one attached hydrogen (secondary N) is 1. The maximum absolute atomic E-state index is 12.8. The Hall–Kier alpha value is -4.27. The second-order valence-corrected chi connectivity index (χ2v) is 7.59. The van der Waals surface area contributed by atoms with Gasteiger partial charge in [-0.1, -0.05) is 12.1 Å². The van der Waals surface area contributed by atoms with E-state index in [2.05, 4.69) is 15.5 Å². The van der Waals surface area contributed by atoms with E-state index in [1.807, 2.05) is 43.7 Å². The molecule has 0 fully saturated rings. The zero-order valence-corrected chi connectivity index (χ0v) is 17.9. The molecule has 162 valence electrons. The number of carbonyl (C=O) groups excluding carboxylic acids is 1. The fourth-order valence-corrected chi connectivity index (χ4v) is 3.46. The Labute approximate surface area is 184 Å². The summed E-state index contributed by atoms with van der Waals surface area (Å²) in [6.07, 6.45) is 0. The maximum atomic E-state index is 12.8. The summed E-state index contributed by atoms with van der Waals surface area (Å²) < 4.78 is 3.48. The molecule has 0 atom stereocenters. The van der Waals surface area contributed by atoms with Crippen molar-refractivity contribution in [3.05, 3.63) is 99.0 Å². The number of aromatic nitrogens is 4. The summed E-state index contributed by atoms with van der Waals surface area (Å²) in [6.45, 7) is 6.41. The molecule has 0 aliphatic heterocycles. The van der Waals surface area contributed by atoms with Crippen molar-refractivity contribution in [3.8, 4) is 5.69 Å². The van der Waals surface area contributed by atoms with Crippen molar-refractivity contribution < 1.29 is 9.72 Å². The summed E-state index contributed by atoms with van der Waals surface area (Å²) in [5.74, 6) is 0.207. The van der Waals surface area contributed by atoms with Gasteiger partial charge in [0, 0.05) is 29.5 Å². The number of hydrogen-bond acceptors (Lipinski definition) is 5. The van der Waals surface area contributed by atoms with Crippen LogP contribution < -0.4 is 5.32 Å². The van der Waals surface area contributed by atoms with Crippen molar-refractivity contribution in [2.75, 3.05) is 5.32 Å². The highest BCUT2D eigenvalue weighted by Crippen LogP contribution is 2.21. The minimum Gasteiger partial charge on any atom is -0.306 e. The molecule has 0 radical (unpaired) electrons. The van der Waals surface area contributed by atoms with Crippen LogP contribution in [0.3, 0.4) is 0 Å². The van der Waals surface area contributed by atoms with E-state index in [9.17, 15) is 14.9 Å². The molecule has 1 amide bonds. The Balaban J connectivity index is 1.50. The van der Waals surface area contributed by atoms with E-state index in [0.717, 1.165) is 17.0 Å². The third-order valence-electron chi connectivity index (χ3n) is 5.03. The van der Waals surface area contributed by atoms with Crippen molar-refractivity contribution >= 4 is 17.4 Å². The Morgan fingerprint density at radius 3 is 2.22 bits per heavy atom. The van der Waals surface area contributed by atoms with Crippen LogP contribution in [0.4, 0.5) is 11.5 Å². The molecule has 0 unspecified atom stereocenters. The first-order valence-corrected chi connectivity index (χ1v) is 10.0. The minimum absolute atomic E-state index is 0.0104. The molecule has 2 aromatic heterocycles. The van der Waals surface area contributed by atoms with Crippen LogP contribution in [-0.2, 0) is 6.54 Å². The van der Waals surface area contributed by atoms with Crippen molar-refractivity contribution in [1.29, 1.82) is 0 Å². The third-order valence-corrected chi connectivity index (χ3v) is 5.03. The van der Waals surface area contributed by atoms with Gasteiger partial charge in [-0.2, -0.15) is 10.2 Å². The molecule has 0 bridgehead atoms. The van der Waals surface area contributed by atoms with Gasteiger partial charge in [0.15, 0.2) is 0 Å². The van der Waals surface area contributed by atoms with E-state index in [-0.39, 0.29) is 11.6 Å². The second kappa shape index (κ2) is 8.46. The molecule has 4 aromatic rings. The van der Waals surface area contributed by atoms with Crippen LogP contribution in [0.15, 0.2) is 60.7 Å². The summed E-state index contributed by atoms with van der Waals surface area (Å²) >= 11 is 0. The molecule has 9 nitrogen and oxygen atoms in total. The van der Waals surface area contributed by atoms with Gasteiger partial charge in [0.2, 0.25) is 0 Å². The monoisotopic (exact) mass is 430 g/mol. The Morgan fingerprint density at radius 2 is 1.62 bits per heavy atom. The van der Waals surface area contributed by atoms with E-state index >= 15 is 0 Å². The molecule has 0 saturated carbocycles. The maximum Gasteiger partial charge on any atom is 0.269 e. The molecule has 4 rings (SSSR count). The zero-order valence-electron chi connectivity index (χ0n) is 17.9. The zero-order chi connectivity index (χ0) is 22.8. The first-order valence-electron chi connectivity index (χ1n) is 10.0. The minimum atomic E-state index is -0.459. The van der Waals surface area contributed by atoms with Crippen LogP contribution in [-0.4, -0.2) is 30.4 Å². The summed E-state index contributed by atoms with van der Waals surface area (Å²) in [7, 11) is 0. The number of benzene rings is 2. The van der Waals surface area contributed by atoms with E-state index in [1.54, 1.807) is 35.0 Å². The fraction of sp³-hybridized carbons (Fsp3) is 0.174. The van der Waals surface area contributed by atoms with E-state index in [4.69, 9.17) is 0 Å². The quantitative estimate of drug-likeness (QED) is 0.364. The van der Waals surface area contributed by atoms with Gasteiger partial charge in [0.25, 0.3) is 11.6 Å². The highest BCUT2D eigenvalue weighted by Gasteiger charge is 2.14. The predicted molar refractivity (Wildman–Crippen MR) is 120 cm³/mol. The van der Waals surface area contributed by atoms with Crippen LogP contribution in [0.25, 0.3) is 5.69 Å². The standard InChI is InChI=1S/C23H22N6O3/c1-15-12-17(3)27(25-15)14-18-4-6-19(7-5-18)23(30)24-22-13-16(2)26-28(22)20-8-10-21(11-9-20)29(31)32/h4-13H,14H2,1-3H3,(H,24,30). The van der Waals surface area contributed by atoms with Gasteiger partial charge in [-0.25, -0.2) is 4.68 Å². The average Bonchev–Trinajstić information content (AvgIpc) is 3.28. The fourth-order valence-electron chi connectivity index (χ4n) is 3.46. The van der Waals surface area contributed by atoms with Crippen molar-refractivity contribution in [3.63, 3.8) is 0 Å². The number of non-ortho nitro benzene ring substituents is 1. The average molecular weight is 430 g/mol. The van der Waals surface area contributed by atoms with Gasteiger partial charge >= 0.3 is 0 Å². The van der Waals surface area contributed by atoms with E-state index in [0.29, 0.717) is 29.3 Å². The number of nitrogens with zero attached hydrogens (tertiary/aromatic N) is 5. The molecule has 9 heteroatoms. The summed E-state index contributed by atoms with van der Waals surface area (Å²) in [4.78, 5) is 23.2. The molecule has 0 spiro atoms. The third kappa shape index (κ3) is 4.41. The van der Waals surface area contributed by atoms with E-state index < -0.39 is 4.92 Å². The molecule has 0 aliphatic rings. The second-order valence-electron chi connectivity index (χ2n) is 7.59. The largest absolute Gasteiger partial charge is 0.306 e. The van der Waals surface area contributed by atoms with Gasteiger partial charge in [-0.05, 0) is 56.7 Å². The highest BCUT2D eigenvalue weighted by atomic mass is 16.6. The molecule has 0 saturated heterocycles. The number of aryl methyl sites for hydroxylation is 3. The number of rotatable bonds is 6. The molecule has 1 N–H and O–H groups in total. The summed E-state index contributed by atoms with van der Waals surface area (Å²) in [5.41, 5.74) is 4.91. The van der Waals surface area contributed by atoms with Crippen molar-refractivity contribution in [2.45, 2.75) is 27.3 Å². The Bertz CT molecular complexity index is 1290. The molecule has 0 aliphatic carbocycles. The number of anilines is 1. The van der Waals surface area contributed by atoms with E-state index in [1.165, 1.54) is 12.1 Å². The van der Waals surface area contributed by atoms with Crippen LogP contribution in [0, 0.1) is 30.9 Å². The first kappa shape index (κ1) is 21.0. The summed E-state index contributed by atoms with van der Waals surface area (Å²) in [6, 6.07) is 17.1. The van der Waals surface area contributed by atoms with Gasteiger partial charge in [-0.3, -0.25) is 19.6 Å². The van der Waals surface area contributed by atoms with Crippen LogP contribution in [0.1, 0.15) is 33.0 Å². The first-order chi connectivity index (χ1) is 15.3. The lowest BCUT2D eigenvalue weighted by Crippen LogP contribution is -2.15. The van der Waals surface area contributed by atoms with Crippen LogP contribution in [0.5, 0.6) is 0 Å². The van der Waals surface area contributed by atoms with Crippen LogP contribution in [0.2, 0.25) is 0 Å². The molecular weight excluding hydrogens is 408 g/mol. The normalized spacial score (nSPS) is 10.8. The number of nitro groups is 1. The SMILES string of the molecule is Cc1cc(C)n(Cc2ccc(C(=O)Nc3cc(C)nn3-c3ccc([N+](=O)[O-])cc3)cc2)n1. The molecule has 2 heterocycles. The number of hydrogen-bond donors (Lipinski definition) is 1. The predicted octanol–water partition coefficient (Wildman–Crippen LogP) is 4.20. The lowest BCUT2D eigenvalue weighted by Gasteiger charge is -2.10. The smallest absolute Gasteiger partial charge is 0.269 e. The lowest BCUT2D eigenvalue weighted by molar-refractivity contribution is -0.384. The number of amides is 1. The lowest BCUT2D eigenvalue weighted by atomic mass is 10.1. The topological polar surface area (TPSA) is 108 Å². The molecule has 32 heavy (non-hydrogen) atoms. The van der Waals surface area contributed by atoms with Crippen molar-refractivity contribution in [2.24, 2.45) is 0 Å². The van der Waals surface area contributed by atoms with Crippen LogP contribution >= 0.6 is 0 Å². The number of carbonyl (C=O) groups is 1. The Morgan fingerprint density at radius 1 is 0.969 bits per heavy atom. The summed E-state index contributed by atoms with van der Waals surface area (Å²) in [5, 5.41) is 22.6. The van der Waals surface area contributed by atoms with Gasteiger partial charge in [0.05, 0.1) is 28.5 Å². The van der Waals surface area contributed by atoms with Crippen molar-refractivity contribution in [1.82, 2.24) is 19.6 Å². The Kier molecular flexibility index (Phi) is 5.55. The van der Waals surface area contributed by atoms with Gasteiger partial charge in [-0.15, -0.1) is 0 Å². The molecular formula is C23H22N6O3. The van der Waals surface area contributed by atoms with Gasteiger partial charge < -0.3 is 5.32 Å². The highest BCUT2D eigenvalue weighted by molar-refractivity contribution is 6.04. The van der Waals surface area contributed by atoms with Gasteiger partial charge in [0.1, 0.15) is 5.82 Å². The molecule has 2 aromatic carbocycles.